The van der Waals surface area contributed by atoms with E-state index in [-0.39, 0.29) is 6.04 Å². The van der Waals surface area contributed by atoms with Gasteiger partial charge in [0.2, 0.25) is 0 Å². The zero-order valence-electron chi connectivity index (χ0n) is 8.64. The van der Waals surface area contributed by atoms with Crippen LogP contribution in [0.25, 0.3) is 9.88 Å². The number of aryl methyl sites for hydroxylation is 1. The molecule has 0 saturated heterocycles. The van der Waals surface area contributed by atoms with E-state index in [4.69, 9.17) is 5.73 Å². The van der Waals surface area contributed by atoms with E-state index >= 15 is 0 Å². The van der Waals surface area contributed by atoms with Gasteiger partial charge >= 0.3 is 0 Å². The van der Waals surface area contributed by atoms with Crippen molar-refractivity contribution in [2.24, 2.45) is 5.73 Å². The van der Waals surface area contributed by atoms with Crippen LogP contribution in [0.5, 0.6) is 0 Å². The first kappa shape index (κ1) is 10.8. The minimum absolute atomic E-state index is 0.261. The molecule has 15 heavy (non-hydrogen) atoms. The first-order valence-electron chi connectivity index (χ1n) is 4.99. The zero-order chi connectivity index (χ0) is 10.7. The van der Waals surface area contributed by atoms with Crippen molar-refractivity contribution in [2.75, 3.05) is 0 Å². The quantitative estimate of drug-likeness (QED) is 0.888. The van der Waals surface area contributed by atoms with Gasteiger partial charge in [0.1, 0.15) is 5.01 Å². The van der Waals surface area contributed by atoms with Crippen molar-refractivity contribution in [2.45, 2.75) is 25.8 Å². The molecule has 0 aliphatic carbocycles. The summed E-state index contributed by atoms with van der Waals surface area (Å²) in [5.74, 6) is 0. The lowest BCUT2D eigenvalue weighted by Gasteiger charge is -2.00. The Labute approximate surface area is 97.8 Å². The Hall–Kier alpha value is -0.710. The summed E-state index contributed by atoms with van der Waals surface area (Å²) in [4.78, 5) is 5.85. The van der Waals surface area contributed by atoms with E-state index in [2.05, 4.69) is 27.9 Å². The van der Waals surface area contributed by atoms with Crippen LogP contribution in [0.4, 0.5) is 0 Å². The van der Waals surface area contributed by atoms with E-state index in [1.165, 1.54) is 10.6 Å². The summed E-state index contributed by atoms with van der Waals surface area (Å²) in [6.45, 7) is 2.03. The van der Waals surface area contributed by atoms with Crippen LogP contribution in [-0.2, 0) is 6.42 Å². The number of nitrogens with two attached hydrogens (primary N) is 1. The van der Waals surface area contributed by atoms with Crippen molar-refractivity contribution in [3.8, 4) is 9.88 Å². The first-order valence-corrected chi connectivity index (χ1v) is 6.75. The number of rotatable bonds is 4. The van der Waals surface area contributed by atoms with E-state index in [9.17, 15) is 0 Å². The molecule has 0 aliphatic rings. The molecule has 80 valence electrons. The zero-order valence-corrected chi connectivity index (χ0v) is 10.3. The van der Waals surface area contributed by atoms with E-state index in [0.717, 1.165) is 17.8 Å². The normalized spacial score (nSPS) is 12.9. The summed E-state index contributed by atoms with van der Waals surface area (Å²) in [6, 6.07) is 4.43. The molecule has 0 radical (unpaired) electrons. The highest BCUT2D eigenvalue weighted by molar-refractivity contribution is 7.20. The molecule has 0 spiro atoms. The Morgan fingerprint density at radius 3 is 3.00 bits per heavy atom. The van der Waals surface area contributed by atoms with Crippen LogP contribution in [0.2, 0.25) is 0 Å². The fourth-order valence-electron chi connectivity index (χ4n) is 1.31. The molecule has 0 aliphatic heterocycles. The van der Waals surface area contributed by atoms with Gasteiger partial charge in [-0.1, -0.05) is 6.07 Å². The maximum absolute atomic E-state index is 5.72. The maximum atomic E-state index is 5.72. The van der Waals surface area contributed by atoms with Crippen LogP contribution < -0.4 is 5.73 Å². The first-order chi connectivity index (χ1) is 7.25. The monoisotopic (exact) mass is 238 g/mol. The summed E-state index contributed by atoms with van der Waals surface area (Å²) in [6.07, 6.45) is 1.99. The Bertz CT molecular complexity index is 404. The Morgan fingerprint density at radius 1 is 1.47 bits per heavy atom. The van der Waals surface area contributed by atoms with Gasteiger partial charge in [-0.2, -0.15) is 0 Å². The average Bonchev–Trinajstić information content (AvgIpc) is 2.85. The van der Waals surface area contributed by atoms with Gasteiger partial charge in [0.25, 0.3) is 0 Å². The van der Waals surface area contributed by atoms with Gasteiger partial charge in [-0.15, -0.1) is 22.7 Å². The number of thiophene rings is 1. The van der Waals surface area contributed by atoms with Gasteiger partial charge in [0, 0.05) is 11.4 Å². The second kappa shape index (κ2) is 4.88. The molecule has 0 saturated carbocycles. The molecule has 4 heteroatoms. The Balaban J connectivity index is 2.04. The topological polar surface area (TPSA) is 38.9 Å². The smallest absolute Gasteiger partial charge is 0.133 e. The van der Waals surface area contributed by atoms with Crippen LogP contribution in [0.15, 0.2) is 22.9 Å². The van der Waals surface area contributed by atoms with Gasteiger partial charge in [0.05, 0.1) is 10.6 Å². The standard InChI is InChI=1S/C11H14N2S2/c1-8(12)4-5-9-7-15-11(13-9)10-3-2-6-14-10/h2-3,6-8H,4-5,12H2,1H3. The second-order valence-electron chi connectivity index (χ2n) is 3.64. The predicted octanol–water partition coefficient (Wildman–Crippen LogP) is 3.15. The van der Waals surface area contributed by atoms with Crippen LogP contribution in [0, 0.1) is 0 Å². The molecular formula is C11H14N2S2. The highest BCUT2D eigenvalue weighted by atomic mass is 32.1. The molecule has 0 aromatic carbocycles. The van der Waals surface area contributed by atoms with Crippen molar-refractivity contribution >= 4 is 22.7 Å². The third kappa shape index (κ3) is 2.87. The lowest BCUT2D eigenvalue weighted by Crippen LogP contribution is -2.15. The molecule has 2 aromatic heterocycles. The lowest BCUT2D eigenvalue weighted by atomic mass is 10.2. The van der Waals surface area contributed by atoms with Crippen molar-refractivity contribution in [1.82, 2.24) is 4.98 Å². The van der Waals surface area contributed by atoms with Gasteiger partial charge in [-0.3, -0.25) is 0 Å². The fourth-order valence-corrected chi connectivity index (χ4v) is 2.98. The molecule has 2 aromatic rings. The van der Waals surface area contributed by atoms with E-state index in [0.29, 0.717) is 0 Å². The molecule has 2 heterocycles. The Morgan fingerprint density at radius 2 is 2.33 bits per heavy atom. The van der Waals surface area contributed by atoms with Crippen LogP contribution in [0.1, 0.15) is 19.0 Å². The molecule has 1 atom stereocenters. The van der Waals surface area contributed by atoms with E-state index in [1.807, 2.05) is 6.92 Å². The SMILES string of the molecule is CC(N)CCc1csc(-c2cccs2)n1. The van der Waals surface area contributed by atoms with Gasteiger partial charge < -0.3 is 5.73 Å². The van der Waals surface area contributed by atoms with E-state index in [1.54, 1.807) is 22.7 Å². The van der Waals surface area contributed by atoms with Gasteiger partial charge in [0.15, 0.2) is 0 Å². The minimum atomic E-state index is 0.261. The highest BCUT2D eigenvalue weighted by Crippen LogP contribution is 2.28. The molecular weight excluding hydrogens is 224 g/mol. The van der Waals surface area contributed by atoms with Crippen LogP contribution >= 0.6 is 22.7 Å². The maximum Gasteiger partial charge on any atom is 0.133 e. The predicted molar refractivity (Wildman–Crippen MR) is 67.4 cm³/mol. The third-order valence-corrected chi connectivity index (χ3v) is 4.07. The molecule has 1 unspecified atom stereocenters. The summed E-state index contributed by atoms with van der Waals surface area (Å²) in [5, 5.41) is 5.35. The lowest BCUT2D eigenvalue weighted by molar-refractivity contribution is 0.660. The minimum Gasteiger partial charge on any atom is -0.328 e. The van der Waals surface area contributed by atoms with Crippen molar-refractivity contribution in [3.05, 3.63) is 28.6 Å². The van der Waals surface area contributed by atoms with Crippen molar-refractivity contribution in [3.63, 3.8) is 0 Å². The number of aromatic nitrogens is 1. The average molecular weight is 238 g/mol. The number of hydrogen-bond donors (Lipinski definition) is 1. The Kier molecular flexibility index (Phi) is 3.51. The van der Waals surface area contributed by atoms with Crippen molar-refractivity contribution < 1.29 is 0 Å². The summed E-state index contributed by atoms with van der Waals surface area (Å²) < 4.78 is 0. The van der Waals surface area contributed by atoms with Gasteiger partial charge in [-0.05, 0) is 31.2 Å². The van der Waals surface area contributed by atoms with Crippen molar-refractivity contribution in [1.29, 1.82) is 0 Å². The van der Waals surface area contributed by atoms with E-state index < -0.39 is 0 Å². The number of hydrogen-bond acceptors (Lipinski definition) is 4. The summed E-state index contributed by atoms with van der Waals surface area (Å²) in [5.41, 5.74) is 6.89. The molecule has 0 fully saturated rings. The number of thiazole rings is 1. The molecule has 0 bridgehead atoms. The summed E-state index contributed by atoms with van der Waals surface area (Å²) >= 11 is 3.45. The highest BCUT2D eigenvalue weighted by Gasteiger charge is 2.05. The fraction of sp³-hybridized carbons (Fsp3) is 0.364. The molecule has 2 rings (SSSR count). The third-order valence-electron chi connectivity index (χ3n) is 2.14. The summed E-state index contributed by atoms with van der Waals surface area (Å²) in [7, 11) is 0. The van der Waals surface area contributed by atoms with Crippen LogP contribution in [-0.4, -0.2) is 11.0 Å². The van der Waals surface area contributed by atoms with Crippen LogP contribution in [0.3, 0.4) is 0 Å². The molecule has 2 nitrogen and oxygen atoms in total. The molecule has 2 N–H and O–H groups in total. The molecule has 0 amide bonds. The second-order valence-corrected chi connectivity index (χ2v) is 5.44. The largest absolute Gasteiger partial charge is 0.328 e. The van der Waals surface area contributed by atoms with Gasteiger partial charge in [-0.25, -0.2) is 4.98 Å². The number of nitrogens with zero attached hydrogens (tertiary/aromatic N) is 1.